The minimum absolute atomic E-state index is 0.327. The summed E-state index contributed by atoms with van der Waals surface area (Å²) in [5.74, 6) is -0.339. The van der Waals surface area contributed by atoms with Crippen LogP contribution in [-0.4, -0.2) is 17.1 Å². The van der Waals surface area contributed by atoms with Crippen molar-refractivity contribution in [2.24, 2.45) is 7.05 Å². The summed E-state index contributed by atoms with van der Waals surface area (Å²) in [4.78, 5) is 12.4. The second kappa shape index (κ2) is 11.1. The van der Waals surface area contributed by atoms with Crippen LogP contribution in [0.3, 0.4) is 0 Å². The van der Waals surface area contributed by atoms with Gasteiger partial charge in [0.2, 0.25) is 0 Å². The van der Waals surface area contributed by atoms with E-state index in [-0.39, 0.29) is 5.97 Å². The molecule has 0 aliphatic heterocycles. The summed E-state index contributed by atoms with van der Waals surface area (Å²) in [6, 6.07) is 43.4. The van der Waals surface area contributed by atoms with Crippen molar-refractivity contribution in [3.05, 3.63) is 139 Å². The lowest BCUT2D eigenvalue weighted by atomic mass is 9.97. The second-order valence-corrected chi connectivity index (χ2v) is 12.6. The second-order valence-electron chi connectivity index (χ2n) is 9.90. The number of rotatable bonds is 7. The molecule has 5 heteroatoms. The standard InChI is InChI=1S/C36H30NO3P/c1-3-40-36(38)27-24-22-26(23-25-27)34-30-18-10-12-20-32(30)37(2)35(34)31-19-11-13-21-33(31)41(39,28-14-6-4-7-15-28)29-16-8-5-9-17-29/h4-25H,3H2,1-2H3. The smallest absolute Gasteiger partial charge is 0.338 e. The molecule has 0 bridgehead atoms. The lowest BCUT2D eigenvalue weighted by molar-refractivity contribution is 0.0526. The van der Waals surface area contributed by atoms with Gasteiger partial charge >= 0.3 is 5.97 Å². The number of nitrogens with zero attached hydrogens (tertiary/aromatic N) is 1. The molecular weight excluding hydrogens is 525 g/mol. The largest absolute Gasteiger partial charge is 0.462 e. The van der Waals surface area contributed by atoms with Crippen molar-refractivity contribution >= 4 is 39.9 Å². The first-order valence-electron chi connectivity index (χ1n) is 13.7. The molecule has 202 valence electrons. The summed E-state index contributed by atoms with van der Waals surface area (Å²) in [5, 5.41) is 3.45. The third kappa shape index (κ3) is 4.61. The first-order valence-corrected chi connectivity index (χ1v) is 15.4. The van der Waals surface area contributed by atoms with Crippen LogP contribution in [0, 0.1) is 0 Å². The topological polar surface area (TPSA) is 48.3 Å². The lowest BCUT2D eigenvalue weighted by Gasteiger charge is -2.23. The maximum atomic E-state index is 15.5. The number of para-hydroxylation sites is 1. The number of benzene rings is 5. The number of ether oxygens (including phenoxy) is 1. The van der Waals surface area contributed by atoms with Gasteiger partial charge in [0.25, 0.3) is 0 Å². The Morgan fingerprint density at radius 3 is 1.90 bits per heavy atom. The average molecular weight is 556 g/mol. The number of aromatic nitrogens is 1. The number of fused-ring (bicyclic) bond motifs is 1. The first kappa shape index (κ1) is 26.6. The minimum atomic E-state index is -3.26. The lowest BCUT2D eigenvalue weighted by Crippen LogP contribution is -2.26. The van der Waals surface area contributed by atoms with Crippen LogP contribution in [0.4, 0.5) is 0 Å². The highest BCUT2D eigenvalue weighted by Crippen LogP contribution is 2.48. The monoisotopic (exact) mass is 555 g/mol. The Morgan fingerprint density at radius 2 is 1.27 bits per heavy atom. The highest BCUT2D eigenvalue weighted by atomic mass is 31.2. The van der Waals surface area contributed by atoms with Crippen LogP contribution in [-0.2, 0) is 16.3 Å². The van der Waals surface area contributed by atoms with E-state index >= 15 is 4.57 Å². The molecule has 6 aromatic rings. The maximum absolute atomic E-state index is 15.5. The predicted molar refractivity (Wildman–Crippen MR) is 169 cm³/mol. The molecule has 1 aromatic heterocycles. The quantitative estimate of drug-likeness (QED) is 0.153. The molecule has 0 saturated heterocycles. The van der Waals surface area contributed by atoms with Crippen LogP contribution < -0.4 is 15.9 Å². The number of carbonyl (C=O) groups is 1. The highest BCUT2D eigenvalue weighted by molar-refractivity contribution is 7.85. The van der Waals surface area contributed by atoms with Crippen molar-refractivity contribution in [1.29, 1.82) is 0 Å². The Morgan fingerprint density at radius 1 is 0.707 bits per heavy atom. The van der Waals surface area contributed by atoms with Gasteiger partial charge in [0.15, 0.2) is 7.14 Å². The van der Waals surface area contributed by atoms with Crippen molar-refractivity contribution in [2.45, 2.75) is 6.92 Å². The van der Waals surface area contributed by atoms with Crippen molar-refractivity contribution in [2.75, 3.05) is 6.61 Å². The van der Waals surface area contributed by atoms with Crippen LogP contribution in [0.2, 0.25) is 0 Å². The van der Waals surface area contributed by atoms with Crippen LogP contribution in [0.5, 0.6) is 0 Å². The third-order valence-electron chi connectivity index (χ3n) is 7.53. The van der Waals surface area contributed by atoms with Gasteiger partial charge < -0.3 is 13.9 Å². The van der Waals surface area contributed by atoms with E-state index in [1.54, 1.807) is 6.92 Å². The Bertz CT molecular complexity index is 1850. The molecule has 0 amide bonds. The Hall–Kier alpha value is -4.66. The number of aryl methyl sites for hydroxylation is 1. The molecular formula is C36H30NO3P. The zero-order valence-corrected chi connectivity index (χ0v) is 23.9. The number of esters is 1. The van der Waals surface area contributed by atoms with Crippen LogP contribution in [0.25, 0.3) is 33.3 Å². The van der Waals surface area contributed by atoms with Crippen molar-refractivity contribution in [3.8, 4) is 22.4 Å². The Labute approximate surface area is 240 Å². The fraction of sp³-hybridized carbons (Fsp3) is 0.0833. The maximum Gasteiger partial charge on any atom is 0.338 e. The summed E-state index contributed by atoms with van der Waals surface area (Å²) in [6.07, 6.45) is 0. The number of hydrogen-bond donors (Lipinski definition) is 0. The van der Waals surface area contributed by atoms with Gasteiger partial charge in [-0.3, -0.25) is 0 Å². The number of hydrogen-bond acceptors (Lipinski definition) is 3. The fourth-order valence-corrected chi connectivity index (χ4v) is 8.49. The summed E-state index contributed by atoms with van der Waals surface area (Å²) in [7, 11) is -1.20. The van der Waals surface area contributed by atoms with Gasteiger partial charge in [-0.25, -0.2) is 4.79 Å². The van der Waals surface area contributed by atoms with E-state index in [0.29, 0.717) is 12.2 Å². The number of carbonyl (C=O) groups excluding carboxylic acids is 1. The zero-order chi connectivity index (χ0) is 28.4. The molecule has 1 heterocycles. The summed E-state index contributed by atoms with van der Waals surface area (Å²) in [6.45, 7) is 2.13. The van der Waals surface area contributed by atoms with Gasteiger partial charge in [-0.1, -0.05) is 115 Å². The molecule has 0 aliphatic rings. The summed E-state index contributed by atoms with van der Waals surface area (Å²) in [5.41, 5.74) is 5.45. The van der Waals surface area contributed by atoms with E-state index < -0.39 is 7.14 Å². The molecule has 0 fully saturated rings. The van der Waals surface area contributed by atoms with Crippen LogP contribution in [0.15, 0.2) is 133 Å². The van der Waals surface area contributed by atoms with E-state index in [0.717, 1.165) is 49.2 Å². The van der Waals surface area contributed by atoms with Crippen molar-refractivity contribution < 1.29 is 14.1 Å². The first-order chi connectivity index (χ1) is 20.0. The van der Waals surface area contributed by atoms with E-state index in [9.17, 15) is 4.79 Å². The normalized spacial score (nSPS) is 11.5. The molecule has 4 nitrogen and oxygen atoms in total. The van der Waals surface area contributed by atoms with Gasteiger partial charge in [-0.15, -0.1) is 0 Å². The summed E-state index contributed by atoms with van der Waals surface area (Å²) < 4.78 is 22.9. The Kier molecular flexibility index (Phi) is 7.17. The molecule has 0 N–H and O–H groups in total. The molecule has 0 atom stereocenters. The SMILES string of the molecule is CCOC(=O)c1ccc(-c2c(-c3ccccc3P(=O)(c3ccccc3)c3ccccc3)n(C)c3ccccc23)cc1. The van der Waals surface area contributed by atoms with Crippen LogP contribution in [0.1, 0.15) is 17.3 Å². The summed E-state index contributed by atoms with van der Waals surface area (Å²) >= 11 is 0. The molecule has 0 saturated carbocycles. The predicted octanol–water partition coefficient (Wildman–Crippen LogP) is 7.33. The third-order valence-corrected chi connectivity index (χ3v) is 10.6. The highest BCUT2D eigenvalue weighted by Gasteiger charge is 2.33. The molecule has 41 heavy (non-hydrogen) atoms. The van der Waals surface area contributed by atoms with E-state index in [1.165, 1.54) is 0 Å². The zero-order valence-electron chi connectivity index (χ0n) is 23.0. The molecule has 6 rings (SSSR count). The van der Waals surface area contributed by atoms with Gasteiger partial charge in [0.1, 0.15) is 0 Å². The van der Waals surface area contributed by atoms with Crippen molar-refractivity contribution in [3.63, 3.8) is 0 Å². The fourth-order valence-electron chi connectivity index (χ4n) is 5.64. The van der Waals surface area contributed by atoms with Gasteiger partial charge in [0.05, 0.1) is 17.9 Å². The van der Waals surface area contributed by atoms with Gasteiger partial charge in [0, 0.05) is 45.0 Å². The van der Waals surface area contributed by atoms with E-state index in [4.69, 9.17) is 4.74 Å². The molecule has 0 spiro atoms. The minimum Gasteiger partial charge on any atom is -0.462 e. The van der Waals surface area contributed by atoms with Gasteiger partial charge in [-0.2, -0.15) is 0 Å². The molecule has 0 aliphatic carbocycles. The Balaban J connectivity index is 1.64. The van der Waals surface area contributed by atoms with Crippen molar-refractivity contribution in [1.82, 2.24) is 4.57 Å². The molecule has 0 radical (unpaired) electrons. The van der Waals surface area contributed by atoms with Gasteiger partial charge in [-0.05, 0) is 30.7 Å². The average Bonchev–Trinajstić information content (AvgIpc) is 3.33. The van der Waals surface area contributed by atoms with E-state index in [1.807, 2.05) is 115 Å². The van der Waals surface area contributed by atoms with E-state index in [2.05, 4.69) is 29.8 Å². The molecule has 5 aromatic carbocycles. The van der Waals surface area contributed by atoms with Crippen LogP contribution >= 0.6 is 7.14 Å². The molecule has 0 unspecified atom stereocenters.